The van der Waals surface area contributed by atoms with Crippen molar-refractivity contribution in [3.63, 3.8) is 0 Å². The average Bonchev–Trinajstić information content (AvgIpc) is 3.22. The summed E-state index contributed by atoms with van der Waals surface area (Å²) in [6.45, 7) is 6.33. The molecule has 130 valence electrons. The van der Waals surface area contributed by atoms with Gasteiger partial charge in [-0.15, -0.1) is 0 Å². The van der Waals surface area contributed by atoms with E-state index in [1.165, 1.54) is 0 Å². The minimum atomic E-state index is -0.554. The van der Waals surface area contributed by atoms with Gasteiger partial charge >= 0.3 is 6.09 Å². The molecule has 2 fully saturated rings. The molecule has 1 aromatic heterocycles. The van der Waals surface area contributed by atoms with Crippen LogP contribution in [-0.4, -0.2) is 40.6 Å². The molecular formula is C18H25N3O3. The number of hydrogen-bond acceptors (Lipinski definition) is 4. The van der Waals surface area contributed by atoms with Crippen molar-refractivity contribution in [2.45, 2.75) is 64.1 Å². The molecule has 1 aliphatic heterocycles. The fourth-order valence-electron chi connectivity index (χ4n) is 3.17. The second kappa shape index (κ2) is 6.42. The molecule has 0 radical (unpaired) electrons. The Morgan fingerprint density at radius 1 is 1.38 bits per heavy atom. The minimum Gasteiger partial charge on any atom is -0.443 e. The smallest absolute Gasteiger partial charge is 0.416 e. The summed E-state index contributed by atoms with van der Waals surface area (Å²) in [5, 5.41) is 0. The van der Waals surface area contributed by atoms with Gasteiger partial charge in [0.1, 0.15) is 11.4 Å². The molecule has 24 heavy (non-hydrogen) atoms. The monoisotopic (exact) mass is 331 g/mol. The van der Waals surface area contributed by atoms with Gasteiger partial charge in [-0.1, -0.05) is 6.07 Å². The lowest BCUT2D eigenvalue weighted by molar-refractivity contribution is -0.118. The largest absolute Gasteiger partial charge is 0.443 e. The SMILES string of the molecule is CC(C)(C)OC(=O)N(c1ncccc1[C@H]1CCCN1C=O)C1CC1. The predicted octanol–water partition coefficient (Wildman–Crippen LogP) is 3.28. The number of carbonyl (C=O) groups excluding carboxylic acids is 2. The first kappa shape index (κ1) is 16.7. The molecule has 2 amide bonds. The first-order chi connectivity index (χ1) is 11.4. The number of rotatable bonds is 4. The topological polar surface area (TPSA) is 62.7 Å². The van der Waals surface area contributed by atoms with Crippen molar-refractivity contribution in [2.75, 3.05) is 11.4 Å². The number of pyridine rings is 1. The second-order valence-corrected chi connectivity index (χ2v) is 7.50. The van der Waals surface area contributed by atoms with E-state index in [2.05, 4.69) is 4.98 Å². The molecule has 2 heterocycles. The molecule has 1 saturated heterocycles. The molecular weight excluding hydrogens is 306 g/mol. The Kier molecular flexibility index (Phi) is 4.47. The quantitative estimate of drug-likeness (QED) is 0.794. The summed E-state index contributed by atoms with van der Waals surface area (Å²) in [7, 11) is 0. The number of anilines is 1. The van der Waals surface area contributed by atoms with E-state index in [1.54, 1.807) is 16.0 Å². The van der Waals surface area contributed by atoms with Crippen LogP contribution in [0.25, 0.3) is 0 Å². The maximum Gasteiger partial charge on any atom is 0.416 e. The summed E-state index contributed by atoms with van der Waals surface area (Å²) >= 11 is 0. The lowest BCUT2D eigenvalue weighted by Gasteiger charge is -2.30. The molecule has 3 rings (SSSR count). The molecule has 0 spiro atoms. The van der Waals surface area contributed by atoms with Gasteiger partial charge in [-0.2, -0.15) is 0 Å². The number of amides is 2. The third-order valence-electron chi connectivity index (χ3n) is 4.34. The second-order valence-electron chi connectivity index (χ2n) is 7.50. The molecule has 0 aromatic carbocycles. The van der Waals surface area contributed by atoms with E-state index in [9.17, 15) is 9.59 Å². The molecule has 6 heteroatoms. The van der Waals surface area contributed by atoms with Crippen LogP contribution in [0.4, 0.5) is 10.6 Å². The fraction of sp³-hybridized carbons (Fsp3) is 0.611. The summed E-state index contributed by atoms with van der Waals surface area (Å²) in [6, 6.07) is 3.95. The van der Waals surface area contributed by atoms with Gasteiger partial charge in [0.15, 0.2) is 0 Å². The third-order valence-corrected chi connectivity index (χ3v) is 4.34. The number of nitrogens with zero attached hydrogens (tertiary/aromatic N) is 3. The number of carbonyl (C=O) groups is 2. The van der Waals surface area contributed by atoms with E-state index in [4.69, 9.17) is 4.74 Å². The van der Waals surface area contributed by atoms with Crippen molar-refractivity contribution >= 4 is 18.3 Å². The Morgan fingerprint density at radius 3 is 2.75 bits per heavy atom. The summed E-state index contributed by atoms with van der Waals surface area (Å²) in [5.41, 5.74) is 0.376. The zero-order valence-electron chi connectivity index (χ0n) is 14.6. The van der Waals surface area contributed by atoms with Crippen LogP contribution >= 0.6 is 0 Å². The van der Waals surface area contributed by atoms with Crippen LogP contribution < -0.4 is 4.90 Å². The molecule has 0 unspecified atom stereocenters. The number of ether oxygens (including phenoxy) is 1. The van der Waals surface area contributed by atoms with E-state index in [0.717, 1.165) is 44.2 Å². The number of aromatic nitrogens is 1. The van der Waals surface area contributed by atoms with E-state index in [0.29, 0.717) is 5.82 Å². The van der Waals surface area contributed by atoms with Gasteiger partial charge in [0.05, 0.1) is 6.04 Å². The van der Waals surface area contributed by atoms with Crippen molar-refractivity contribution in [1.29, 1.82) is 0 Å². The van der Waals surface area contributed by atoms with Crippen LogP contribution in [0.1, 0.15) is 58.1 Å². The van der Waals surface area contributed by atoms with E-state index < -0.39 is 5.60 Å². The van der Waals surface area contributed by atoms with Crippen LogP contribution in [-0.2, 0) is 9.53 Å². The van der Waals surface area contributed by atoms with Crippen molar-refractivity contribution in [2.24, 2.45) is 0 Å². The van der Waals surface area contributed by atoms with Crippen molar-refractivity contribution in [1.82, 2.24) is 9.88 Å². The molecule has 0 bridgehead atoms. The Labute approximate surface area is 142 Å². The molecule has 1 atom stereocenters. The molecule has 1 aliphatic carbocycles. The van der Waals surface area contributed by atoms with Gasteiger partial charge in [-0.25, -0.2) is 9.78 Å². The van der Waals surface area contributed by atoms with Gasteiger partial charge in [0.2, 0.25) is 6.41 Å². The van der Waals surface area contributed by atoms with Gasteiger partial charge in [-0.3, -0.25) is 9.69 Å². The van der Waals surface area contributed by atoms with Crippen molar-refractivity contribution in [3.05, 3.63) is 23.9 Å². The van der Waals surface area contributed by atoms with Gasteiger partial charge < -0.3 is 9.64 Å². The first-order valence-corrected chi connectivity index (χ1v) is 8.59. The molecule has 2 aliphatic rings. The highest BCUT2D eigenvalue weighted by Gasteiger charge is 2.40. The molecule has 1 saturated carbocycles. The van der Waals surface area contributed by atoms with E-state index >= 15 is 0 Å². The lowest BCUT2D eigenvalue weighted by Crippen LogP contribution is -2.40. The third kappa shape index (κ3) is 3.52. The van der Waals surface area contributed by atoms with Crippen molar-refractivity contribution < 1.29 is 14.3 Å². The summed E-state index contributed by atoms with van der Waals surface area (Å²) in [5.74, 6) is 0.632. The Hall–Kier alpha value is -2.11. The standard InChI is InChI=1S/C18H25N3O3/c1-18(2,3)24-17(23)21(13-8-9-13)16-14(6-4-10-19-16)15-7-5-11-20(15)12-22/h4,6,10,12-13,15H,5,7-9,11H2,1-3H3/t15-/m1/s1. The minimum absolute atomic E-state index is 0.0186. The normalized spacial score (nSPS) is 20.8. The molecule has 6 nitrogen and oxygen atoms in total. The Bertz CT molecular complexity index is 622. The highest BCUT2D eigenvalue weighted by atomic mass is 16.6. The summed E-state index contributed by atoms with van der Waals surface area (Å²) in [4.78, 5) is 32.0. The Morgan fingerprint density at radius 2 is 2.12 bits per heavy atom. The van der Waals surface area contributed by atoms with E-state index in [1.807, 2.05) is 32.9 Å². The van der Waals surface area contributed by atoms with Crippen LogP contribution in [0.15, 0.2) is 18.3 Å². The highest BCUT2D eigenvalue weighted by Crippen LogP contribution is 2.39. The van der Waals surface area contributed by atoms with Crippen LogP contribution in [0, 0.1) is 0 Å². The number of likely N-dealkylation sites (tertiary alicyclic amines) is 1. The van der Waals surface area contributed by atoms with Gasteiger partial charge in [-0.05, 0) is 52.5 Å². The van der Waals surface area contributed by atoms with Gasteiger partial charge in [0.25, 0.3) is 0 Å². The van der Waals surface area contributed by atoms with Crippen LogP contribution in [0.2, 0.25) is 0 Å². The lowest BCUT2D eigenvalue weighted by atomic mass is 10.1. The van der Waals surface area contributed by atoms with Crippen LogP contribution in [0.5, 0.6) is 0 Å². The van der Waals surface area contributed by atoms with E-state index in [-0.39, 0.29) is 18.2 Å². The highest BCUT2D eigenvalue weighted by molar-refractivity contribution is 5.89. The zero-order valence-corrected chi connectivity index (χ0v) is 14.6. The average molecular weight is 331 g/mol. The molecule has 0 N–H and O–H groups in total. The van der Waals surface area contributed by atoms with Crippen LogP contribution in [0.3, 0.4) is 0 Å². The number of hydrogen-bond donors (Lipinski definition) is 0. The van der Waals surface area contributed by atoms with Crippen molar-refractivity contribution in [3.8, 4) is 0 Å². The zero-order chi connectivity index (χ0) is 17.3. The fourth-order valence-corrected chi connectivity index (χ4v) is 3.17. The summed E-state index contributed by atoms with van der Waals surface area (Å²) in [6.07, 6.45) is 6.00. The first-order valence-electron chi connectivity index (χ1n) is 8.59. The maximum atomic E-state index is 12.7. The Balaban J connectivity index is 1.94. The maximum absolute atomic E-state index is 12.7. The van der Waals surface area contributed by atoms with Gasteiger partial charge in [0, 0.05) is 24.3 Å². The predicted molar refractivity (Wildman–Crippen MR) is 90.7 cm³/mol. The summed E-state index contributed by atoms with van der Waals surface area (Å²) < 4.78 is 5.59. The molecule has 1 aromatic rings.